The van der Waals surface area contributed by atoms with Crippen LogP contribution in [0, 0.1) is 10.7 Å². The van der Waals surface area contributed by atoms with Gasteiger partial charge in [0.05, 0.1) is 0 Å². The molecule has 0 radical (unpaired) electrons. The molecular weight excluding hydrogens is 468 g/mol. The molecule has 4 fully saturated rings. The standard InChI is InChI=1S/4C6H12N.CHNS.Zn/c4*1-6-4-2-3-5-7-6;2-1-3;/h4*6H,2-5H2,1H3;3H;/q4*-1;;+2. The van der Waals surface area contributed by atoms with Gasteiger partial charge in [-0.05, 0) is 0 Å². The summed E-state index contributed by atoms with van der Waals surface area (Å²) in [6.45, 7) is 13.2. The van der Waals surface area contributed by atoms with Crippen LogP contribution in [0.2, 0.25) is 0 Å². The molecule has 0 bridgehead atoms. The molecule has 4 heterocycles. The SMILES string of the molecule is CC1CCCC[N-]1.CC1CCCC[N-]1.CC1CCCC[N-]1.CC1CCCC[N-]1.N#CS.[Zn+2]. The molecule has 0 aliphatic carbocycles. The number of nitriles is 1. The Hall–Kier alpha value is 0.303. The summed E-state index contributed by atoms with van der Waals surface area (Å²) in [6.07, 6.45) is 16.1. The fourth-order valence-corrected chi connectivity index (χ4v) is 3.82. The molecule has 4 unspecified atom stereocenters. The molecule has 32 heavy (non-hydrogen) atoms. The molecule has 5 nitrogen and oxygen atoms in total. The molecule has 0 aromatic rings. The number of piperidine rings is 4. The van der Waals surface area contributed by atoms with Crippen molar-refractivity contribution in [3.8, 4) is 5.40 Å². The second kappa shape index (κ2) is 25.9. The first-order valence-corrected chi connectivity index (χ1v) is 13.1. The number of hydrogen-bond donors (Lipinski definition) is 1. The predicted octanol–water partition coefficient (Wildman–Crippen LogP) is 8.12. The van der Waals surface area contributed by atoms with Gasteiger partial charge in [0.2, 0.25) is 0 Å². The first kappa shape index (κ1) is 34.5. The molecule has 4 aliphatic heterocycles. The summed E-state index contributed by atoms with van der Waals surface area (Å²) in [5.74, 6) is 0. The summed E-state index contributed by atoms with van der Waals surface area (Å²) in [6, 6.07) is 2.64. The minimum absolute atomic E-state index is 0. The monoisotopic (exact) mass is 515 g/mol. The van der Waals surface area contributed by atoms with Gasteiger partial charge in [0.25, 0.3) is 0 Å². The van der Waals surface area contributed by atoms with Gasteiger partial charge in [-0.2, -0.15) is 5.26 Å². The van der Waals surface area contributed by atoms with Crippen molar-refractivity contribution in [1.82, 2.24) is 0 Å². The van der Waals surface area contributed by atoms with E-state index in [0.717, 1.165) is 26.2 Å². The maximum absolute atomic E-state index is 7.18. The van der Waals surface area contributed by atoms with Crippen LogP contribution in [0.1, 0.15) is 105 Å². The van der Waals surface area contributed by atoms with Crippen LogP contribution in [0.3, 0.4) is 0 Å². The van der Waals surface area contributed by atoms with Gasteiger partial charge in [0.1, 0.15) is 5.40 Å². The molecule has 7 heteroatoms. The van der Waals surface area contributed by atoms with E-state index in [9.17, 15) is 0 Å². The van der Waals surface area contributed by atoms with Gasteiger partial charge in [-0.3, -0.25) is 0 Å². The predicted molar refractivity (Wildman–Crippen MR) is 141 cm³/mol. The summed E-state index contributed by atoms with van der Waals surface area (Å²) < 4.78 is 0. The van der Waals surface area contributed by atoms with Crippen molar-refractivity contribution in [3.05, 3.63) is 21.3 Å². The zero-order chi connectivity index (χ0) is 23.2. The normalized spacial score (nSPS) is 29.1. The number of rotatable bonds is 0. The zero-order valence-corrected chi connectivity index (χ0v) is 25.4. The van der Waals surface area contributed by atoms with Crippen LogP contribution >= 0.6 is 12.6 Å². The molecule has 0 saturated carbocycles. The Kier molecular flexibility index (Phi) is 27.9. The van der Waals surface area contributed by atoms with E-state index in [4.69, 9.17) is 5.26 Å². The van der Waals surface area contributed by atoms with E-state index < -0.39 is 0 Å². The molecule has 0 aromatic carbocycles. The number of nitrogens with zero attached hydrogens (tertiary/aromatic N) is 5. The third-order valence-electron chi connectivity index (χ3n) is 5.88. The number of thiocyanates is 1. The summed E-state index contributed by atoms with van der Waals surface area (Å²) in [7, 11) is 0. The molecule has 4 aliphatic rings. The number of thiol groups is 1. The Labute approximate surface area is 218 Å². The molecule has 4 atom stereocenters. The van der Waals surface area contributed by atoms with E-state index >= 15 is 0 Å². The molecule has 184 valence electrons. The third kappa shape index (κ3) is 24.9. The Balaban J connectivity index is 0. The molecule has 0 spiro atoms. The van der Waals surface area contributed by atoms with Crippen LogP contribution in [0.4, 0.5) is 0 Å². The quantitative estimate of drug-likeness (QED) is 0.197. The zero-order valence-electron chi connectivity index (χ0n) is 21.5. The van der Waals surface area contributed by atoms with Gasteiger partial charge in [-0.25, -0.2) is 0 Å². The van der Waals surface area contributed by atoms with Gasteiger partial charge >= 0.3 is 19.5 Å². The van der Waals surface area contributed by atoms with Crippen molar-refractivity contribution >= 4 is 12.6 Å². The van der Waals surface area contributed by atoms with Crippen molar-refractivity contribution in [2.24, 2.45) is 0 Å². The second-order valence-corrected chi connectivity index (χ2v) is 9.30. The smallest absolute Gasteiger partial charge is 0.660 e. The van der Waals surface area contributed by atoms with E-state index in [1.807, 2.05) is 0 Å². The maximum Gasteiger partial charge on any atom is 2.00 e. The van der Waals surface area contributed by atoms with Gasteiger partial charge in [-0.15, -0.1) is 50.3 Å². The van der Waals surface area contributed by atoms with Crippen molar-refractivity contribution in [3.63, 3.8) is 0 Å². The van der Waals surface area contributed by atoms with Gasteiger partial charge < -0.3 is 21.3 Å². The first-order valence-electron chi connectivity index (χ1n) is 12.7. The molecule has 0 aromatic heterocycles. The minimum Gasteiger partial charge on any atom is -0.660 e. The fourth-order valence-electron chi connectivity index (χ4n) is 3.82. The van der Waals surface area contributed by atoms with Crippen molar-refractivity contribution < 1.29 is 19.5 Å². The fraction of sp³-hybridized carbons (Fsp3) is 0.960. The van der Waals surface area contributed by atoms with Crippen LogP contribution in [-0.4, -0.2) is 50.3 Å². The summed E-state index contributed by atoms with van der Waals surface area (Å²) in [5, 5.41) is 25.9. The molecular formula is C25H49N5SZn-2. The van der Waals surface area contributed by atoms with Crippen molar-refractivity contribution in [1.29, 1.82) is 5.26 Å². The molecule has 0 amide bonds. The van der Waals surface area contributed by atoms with Crippen LogP contribution in [0.5, 0.6) is 0 Å². The molecule has 4 rings (SSSR count). The Morgan fingerprint density at radius 3 is 0.781 bits per heavy atom. The second-order valence-electron chi connectivity index (χ2n) is 9.10. The van der Waals surface area contributed by atoms with Gasteiger partial charge in [0.15, 0.2) is 0 Å². The maximum atomic E-state index is 7.18. The van der Waals surface area contributed by atoms with E-state index in [2.05, 4.69) is 61.6 Å². The van der Waals surface area contributed by atoms with E-state index in [1.54, 1.807) is 0 Å². The third-order valence-corrected chi connectivity index (χ3v) is 5.88. The van der Waals surface area contributed by atoms with E-state index in [-0.39, 0.29) is 19.5 Å². The average molecular weight is 517 g/mol. The van der Waals surface area contributed by atoms with Crippen LogP contribution < -0.4 is 0 Å². The Bertz CT molecular complexity index is 334. The molecule has 4 saturated heterocycles. The Morgan fingerprint density at radius 2 is 0.719 bits per heavy atom. The van der Waals surface area contributed by atoms with E-state index in [1.165, 1.54) is 82.5 Å². The topological polar surface area (TPSA) is 80.2 Å². The number of hydrogen-bond acceptors (Lipinski definition) is 2. The summed E-state index contributed by atoms with van der Waals surface area (Å²) in [4.78, 5) is 0. The van der Waals surface area contributed by atoms with Crippen LogP contribution in [0.15, 0.2) is 0 Å². The van der Waals surface area contributed by atoms with Crippen LogP contribution in [-0.2, 0) is 19.5 Å². The van der Waals surface area contributed by atoms with Gasteiger partial charge in [-0.1, -0.05) is 117 Å². The Morgan fingerprint density at radius 1 is 0.531 bits per heavy atom. The molecule has 0 N–H and O–H groups in total. The minimum atomic E-state index is 0. The average Bonchev–Trinajstić information content (AvgIpc) is 2.78. The summed E-state index contributed by atoms with van der Waals surface area (Å²) >= 11 is 3.09. The largest absolute Gasteiger partial charge is 2.00 e. The van der Waals surface area contributed by atoms with Crippen molar-refractivity contribution in [2.45, 2.75) is 129 Å². The van der Waals surface area contributed by atoms with Crippen LogP contribution in [0.25, 0.3) is 21.3 Å². The first-order chi connectivity index (χ1) is 15.0. The van der Waals surface area contributed by atoms with E-state index in [0.29, 0.717) is 24.2 Å². The summed E-state index contributed by atoms with van der Waals surface area (Å²) in [5.41, 5.74) is 0. The van der Waals surface area contributed by atoms with Crippen molar-refractivity contribution in [2.75, 3.05) is 26.2 Å². The van der Waals surface area contributed by atoms with Gasteiger partial charge in [0, 0.05) is 0 Å².